The highest BCUT2D eigenvalue weighted by Gasteiger charge is 2.41. The lowest BCUT2D eigenvalue weighted by atomic mass is 9.94. The lowest BCUT2D eigenvalue weighted by Crippen LogP contribution is -2.46. The quantitative estimate of drug-likeness (QED) is 0.0828. The minimum absolute atomic E-state index is 0.00814. The summed E-state index contributed by atoms with van der Waals surface area (Å²) < 4.78 is 11.1. The Labute approximate surface area is 585 Å². The number of allylic oxidation sites excluding steroid dienone is 2. The summed E-state index contributed by atoms with van der Waals surface area (Å²) >= 11 is 0. The van der Waals surface area contributed by atoms with Crippen molar-refractivity contribution >= 4 is 91.6 Å². The number of amides is 6. The van der Waals surface area contributed by atoms with Gasteiger partial charge in [0.15, 0.2) is 22.8 Å². The Bertz CT molecular complexity index is 4490. The van der Waals surface area contributed by atoms with E-state index in [1.54, 1.807) is 9.80 Å². The van der Waals surface area contributed by atoms with Gasteiger partial charge in [-0.3, -0.25) is 38.8 Å². The minimum atomic E-state index is -0.569. The standard InChI is InChI=1S/C44H43N5O4.C38H47N5O4/c1-28(30-11-5-3-6-12-30)43(51)48-23-9-15-38(48)37-26-35(27-45-37)33-19-17-32(18-20-33)34-21-22-40-36(25-34)41(47-53-40)46-42(50)39-16-10-24-49(39)44(52)29(2)31-13-7-4-8-14-31;1-22(2)24(5)37(45)42-17-7-9-32(42)31-20-29(21-39-31)27-13-11-26(12-14-27)28-15-16-34-30(19-28)35(41-47-34)40-36(44)33-10-8-18-43(33)38(46)25(6)23(3)4/h3-8,11-14,17-22,25,27-29,38-39H,9-10,15-16,23-24,26H2,1-2H3,(H,46,47,50);11-16,19,21-25,32-33H,7-10,17-18,20H2,1-6H3,(H,40,41,44)/t28-,29-,38+,39+;24-,25-,32+,33+/m11/s1. The maximum atomic E-state index is 13.6. The molecule has 0 saturated carbocycles. The topological polar surface area (TPSA) is 216 Å². The van der Waals surface area contributed by atoms with E-state index in [-0.39, 0.29) is 77.1 Å². The second-order valence-corrected chi connectivity index (χ2v) is 28.6. The Morgan fingerprint density at radius 2 is 0.760 bits per heavy atom. The number of carbonyl (C=O) groups is 6. The zero-order valence-corrected chi connectivity index (χ0v) is 58.5. The zero-order chi connectivity index (χ0) is 69.9. The number of nitrogens with one attached hydrogen (secondary N) is 2. The number of hydrogen-bond acceptors (Lipinski definition) is 12. The van der Waals surface area contributed by atoms with Crippen molar-refractivity contribution in [1.29, 1.82) is 0 Å². The van der Waals surface area contributed by atoms with Crippen LogP contribution in [0, 0.1) is 23.7 Å². The molecule has 0 radical (unpaired) electrons. The van der Waals surface area contributed by atoms with E-state index in [4.69, 9.17) is 19.0 Å². The number of fused-ring (bicyclic) bond motifs is 2. The number of benzene rings is 6. The summed E-state index contributed by atoms with van der Waals surface area (Å²) in [6, 6.07) is 47.1. The van der Waals surface area contributed by atoms with Crippen molar-refractivity contribution in [1.82, 2.24) is 29.9 Å². The van der Waals surface area contributed by atoms with Crippen molar-refractivity contribution in [3.63, 3.8) is 0 Å². The molecule has 4 fully saturated rings. The first-order valence-corrected chi connectivity index (χ1v) is 35.8. The first-order chi connectivity index (χ1) is 48.4. The number of hydrogen-bond donors (Lipinski definition) is 2. The molecule has 18 nitrogen and oxygen atoms in total. The molecule has 14 rings (SSSR count). The highest BCUT2D eigenvalue weighted by atomic mass is 16.5. The van der Waals surface area contributed by atoms with Crippen LogP contribution in [0.2, 0.25) is 0 Å². The van der Waals surface area contributed by atoms with Crippen molar-refractivity contribution in [3.8, 4) is 22.3 Å². The van der Waals surface area contributed by atoms with Gasteiger partial charge in [0.1, 0.15) is 12.1 Å². The average Bonchev–Trinajstić information content (AvgIpc) is 1.72. The fourth-order valence-corrected chi connectivity index (χ4v) is 14.9. The molecule has 0 spiro atoms. The van der Waals surface area contributed by atoms with E-state index < -0.39 is 12.1 Å². The molecule has 6 aliphatic rings. The molecule has 4 saturated heterocycles. The van der Waals surface area contributed by atoms with Crippen LogP contribution in [-0.2, 0) is 28.8 Å². The smallest absolute Gasteiger partial charge is 0.248 e. The van der Waals surface area contributed by atoms with E-state index >= 15 is 0 Å². The van der Waals surface area contributed by atoms with Crippen LogP contribution >= 0.6 is 0 Å². The zero-order valence-electron chi connectivity index (χ0n) is 58.5. The van der Waals surface area contributed by atoms with Crippen molar-refractivity contribution in [2.24, 2.45) is 33.7 Å². The molecule has 100 heavy (non-hydrogen) atoms. The predicted octanol–water partition coefficient (Wildman–Crippen LogP) is 15.4. The highest BCUT2D eigenvalue weighted by molar-refractivity contribution is 6.07. The van der Waals surface area contributed by atoms with E-state index in [0.29, 0.717) is 65.4 Å². The SMILES string of the molecule is CC(C)[C@@H](C)C(=O)N1CCC[C@H]1C(=O)Nc1noc2ccc(-c3ccc(C4=CN=C([C@@H]5CCCN5C(=O)[C@H](C)C(C)C)C4)cc3)cc12.C[C@@H](C(=O)N1CCC[C@H]1C(=O)Nc1noc2ccc(-c3ccc(C4=CN=C([C@@H]5CCCN5C(=O)[C@H](C)c5ccccc5)C4)cc3)cc12)c1ccccc1. The van der Waals surface area contributed by atoms with Gasteiger partial charge in [0.2, 0.25) is 35.4 Å². The number of nitrogens with zero attached hydrogens (tertiary/aromatic N) is 8. The molecule has 8 aromatic rings. The van der Waals surface area contributed by atoms with Gasteiger partial charge in [0.05, 0.1) is 34.7 Å². The molecule has 6 amide bonds. The first kappa shape index (κ1) is 68.4. The Morgan fingerprint density at radius 3 is 1.18 bits per heavy atom. The summed E-state index contributed by atoms with van der Waals surface area (Å²) in [4.78, 5) is 97.3. The monoisotopic (exact) mass is 1340 g/mol. The van der Waals surface area contributed by atoms with Crippen LogP contribution in [0.4, 0.5) is 11.6 Å². The predicted molar refractivity (Wildman–Crippen MR) is 393 cm³/mol. The van der Waals surface area contributed by atoms with Crippen molar-refractivity contribution in [2.75, 3.05) is 36.8 Å². The Kier molecular flexibility index (Phi) is 20.4. The molecule has 0 unspecified atom stereocenters. The minimum Gasteiger partial charge on any atom is -0.354 e. The van der Waals surface area contributed by atoms with Crippen LogP contribution < -0.4 is 10.6 Å². The lowest BCUT2D eigenvalue weighted by molar-refractivity contribution is -0.140. The van der Waals surface area contributed by atoms with E-state index in [2.05, 4.69) is 88.2 Å². The van der Waals surface area contributed by atoms with Gasteiger partial charge in [-0.1, -0.05) is 173 Å². The van der Waals surface area contributed by atoms with E-state index in [1.807, 2.05) is 156 Å². The van der Waals surface area contributed by atoms with E-state index in [1.165, 1.54) is 0 Å². The number of anilines is 2. The summed E-state index contributed by atoms with van der Waals surface area (Å²) in [5, 5.41) is 15.7. The summed E-state index contributed by atoms with van der Waals surface area (Å²) in [5.74, 6) is 0.447. The Morgan fingerprint density at radius 1 is 0.410 bits per heavy atom. The lowest BCUT2D eigenvalue weighted by Gasteiger charge is -2.29. The van der Waals surface area contributed by atoms with Crippen LogP contribution in [0.5, 0.6) is 0 Å². The molecule has 2 aromatic heterocycles. The number of rotatable bonds is 18. The first-order valence-electron chi connectivity index (χ1n) is 35.8. The summed E-state index contributed by atoms with van der Waals surface area (Å²) in [5.41, 5.74) is 13.7. The second kappa shape index (κ2) is 29.8. The molecule has 8 heterocycles. The summed E-state index contributed by atoms with van der Waals surface area (Å²) in [7, 11) is 0. The van der Waals surface area contributed by atoms with Gasteiger partial charge in [-0.05, 0) is 157 Å². The third kappa shape index (κ3) is 14.2. The number of likely N-dealkylation sites (tertiary alicyclic amines) is 4. The third-order valence-corrected chi connectivity index (χ3v) is 21.8. The number of aliphatic imine (C=N–C) groups is 2. The largest absolute Gasteiger partial charge is 0.354 e. The molecule has 6 aliphatic heterocycles. The molecular weight excluding hydrogens is 1250 g/mol. The van der Waals surface area contributed by atoms with Gasteiger partial charge in [-0.25, -0.2) is 0 Å². The molecule has 0 aliphatic carbocycles. The molecule has 6 aromatic carbocycles. The second-order valence-electron chi connectivity index (χ2n) is 28.6. The molecule has 516 valence electrons. The Hall–Kier alpha value is -10.1. The van der Waals surface area contributed by atoms with Crippen LogP contribution in [0.15, 0.2) is 177 Å². The number of aromatic nitrogens is 2. The summed E-state index contributed by atoms with van der Waals surface area (Å²) in [6.45, 7) is 18.8. The maximum absolute atomic E-state index is 13.6. The van der Waals surface area contributed by atoms with Crippen LogP contribution in [0.25, 0.3) is 55.3 Å². The third-order valence-electron chi connectivity index (χ3n) is 21.8. The average molecular weight is 1340 g/mol. The van der Waals surface area contributed by atoms with Gasteiger partial charge in [-0.2, -0.15) is 0 Å². The maximum Gasteiger partial charge on any atom is 0.248 e. The normalized spacial score (nSPS) is 20.3. The fraction of sp³-hybridized carbons (Fsp3) is 0.390. The fourth-order valence-electron chi connectivity index (χ4n) is 14.9. The molecule has 0 bridgehead atoms. The van der Waals surface area contributed by atoms with Crippen LogP contribution in [0.3, 0.4) is 0 Å². The summed E-state index contributed by atoms with van der Waals surface area (Å²) in [6.07, 6.45) is 12.1. The molecule has 2 N–H and O–H groups in total. The number of carbonyl (C=O) groups excluding carboxylic acids is 6. The van der Waals surface area contributed by atoms with Gasteiger partial charge in [0, 0.05) is 74.7 Å². The molecule has 18 heteroatoms. The highest BCUT2D eigenvalue weighted by Crippen LogP contribution is 2.38. The van der Waals surface area contributed by atoms with Gasteiger partial charge in [0.25, 0.3) is 0 Å². The van der Waals surface area contributed by atoms with E-state index in [0.717, 1.165) is 132 Å². The van der Waals surface area contributed by atoms with Crippen LogP contribution in [0.1, 0.15) is 154 Å². The molecular formula is C82H90N10O8. The van der Waals surface area contributed by atoms with Crippen molar-refractivity contribution < 1.29 is 37.8 Å². The Balaban J connectivity index is 0.000000181. The van der Waals surface area contributed by atoms with Gasteiger partial charge >= 0.3 is 0 Å². The van der Waals surface area contributed by atoms with Crippen LogP contribution in [-0.4, -0.2) is 127 Å². The van der Waals surface area contributed by atoms with Gasteiger partial charge < -0.3 is 39.3 Å². The van der Waals surface area contributed by atoms with Gasteiger partial charge in [-0.15, -0.1) is 0 Å². The molecule has 8 atom stereocenters. The van der Waals surface area contributed by atoms with Crippen molar-refractivity contribution in [2.45, 2.75) is 156 Å². The van der Waals surface area contributed by atoms with Crippen molar-refractivity contribution in [3.05, 3.63) is 180 Å². The van der Waals surface area contributed by atoms with E-state index in [9.17, 15) is 28.8 Å².